The molecular weight excluding hydrogens is 324 g/mol. The van der Waals surface area contributed by atoms with Crippen LogP contribution in [0.5, 0.6) is 0 Å². The first-order valence-corrected chi connectivity index (χ1v) is 9.50. The van der Waals surface area contributed by atoms with E-state index in [1.54, 1.807) is 0 Å². The molecule has 0 aliphatic carbocycles. The molecule has 27 heavy (non-hydrogen) atoms. The van der Waals surface area contributed by atoms with E-state index in [1.807, 2.05) is 0 Å². The third-order valence-corrected chi connectivity index (χ3v) is 5.17. The molecule has 0 aromatic heterocycles. The molecule has 0 aliphatic rings. The summed E-state index contributed by atoms with van der Waals surface area (Å²) in [5, 5.41) is 0. The molecule has 0 nitrogen and oxygen atoms in total. The molecule has 0 amide bonds. The highest BCUT2D eigenvalue weighted by molar-refractivity contribution is 5.69. The van der Waals surface area contributed by atoms with Crippen LogP contribution in [0.15, 0.2) is 97.1 Å². The Morgan fingerprint density at radius 1 is 0.481 bits per heavy atom. The van der Waals surface area contributed by atoms with Crippen LogP contribution in [0.3, 0.4) is 0 Å². The van der Waals surface area contributed by atoms with Gasteiger partial charge in [-0.15, -0.1) is 0 Å². The molecule has 0 radical (unpaired) electrons. The zero-order valence-corrected chi connectivity index (χ0v) is 15.9. The smallest absolute Gasteiger partial charge is 0.00253 e. The van der Waals surface area contributed by atoms with E-state index >= 15 is 0 Å². The van der Waals surface area contributed by atoms with Crippen molar-refractivity contribution in [2.24, 2.45) is 0 Å². The van der Waals surface area contributed by atoms with Crippen molar-refractivity contribution in [1.82, 2.24) is 0 Å². The Kier molecular flexibility index (Phi) is 4.89. The second-order valence-electron chi connectivity index (χ2n) is 7.21. The van der Waals surface area contributed by atoms with Crippen molar-refractivity contribution in [3.8, 4) is 22.3 Å². The lowest BCUT2D eigenvalue weighted by Crippen LogP contribution is -1.91. The number of rotatable bonds is 4. The average Bonchev–Trinajstić information content (AvgIpc) is 2.69. The second kappa shape index (κ2) is 7.63. The molecule has 0 unspecified atom stereocenters. The normalized spacial score (nSPS) is 10.7. The summed E-state index contributed by atoms with van der Waals surface area (Å²) in [6.45, 7) is 4.35. The van der Waals surface area contributed by atoms with E-state index in [-0.39, 0.29) is 0 Å². The van der Waals surface area contributed by atoms with Gasteiger partial charge in [-0.3, -0.25) is 0 Å². The van der Waals surface area contributed by atoms with Crippen molar-refractivity contribution >= 4 is 0 Å². The zero-order valence-electron chi connectivity index (χ0n) is 15.9. The summed E-state index contributed by atoms with van der Waals surface area (Å²) in [5.74, 6) is 0. The highest BCUT2D eigenvalue weighted by Crippen LogP contribution is 2.27. The van der Waals surface area contributed by atoms with Crippen LogP contribution >= 0.6 is 0 Å². The Morgan fingerprint density at radius 2 is 0.926 bits per heavy atom. The van der Waals surface area contributed by atoms with Crippen LogP contribution in [0.1, 0.15) is 22.3 Å². The van der Waals surface area contributed by atoms with E-state index < -0.39 is 0 Å². The molecule has 132 valence electrons. The Balaban J connectivity index is 1.64. The molecular formula is C27H24. The minimum atomic E-state index is 0.944. The Morgan fingerprint density at radius 3 is 1.37 bits per heavy atom. The molecule has 0 spiro atoms. The summed E-state index contributed by atoms with van der Waals surface area (Å²) < 4.78 is 0. The average molecular weight is 348 g/mol. The first-order chi connectivity index (χ1) is 13.2. The maximum Gasteiger partial charge on any atom is -0.00253 e. The highest BCUT2D eigenvalue weighted by atomic mass is 14.1. The molecule has 0 heterocycles. The fraction of sp³-hybridized carbons (Fsp3) is 0.111. The Labute approximate surface area is 162 Å². The van der Waals surface area contributed by atoms with Gasteiger partial charge in [0.05, 0.1) is 0 Å². The summed E-state index contributed by atoms with van der Waals surface area (Å²) in [6, 6.07) is 35.0. The number of hydrogen-bond acceptors (Lipinski definition) is 0. The summed E-state index contributed by atoms with van der Waals surface area (Å²) in [4.78, 5) is 0. The van der Waals surface area contributed by atoms with E-state index in [0.29, 0.717) is 0 Å². The Bertz CT molecular complexity index is 985. The van der Waals surface area contributed by atoms with Crippen LogP contribution in [0.4, 0.5) is 0 Å². The summed E-state index contributed by atoms with van der Waals surface area (Å²) in [7, 11) is 0. The van der Waals surface area contributed by atoms with Gasteiger partial charge in [0, 0.05) is 0 Å². The molecule has 0 heteroatoms. The quantitative estimate of drug-likeness (QED) is 0.365. The van der Waals surface area contributed by atoms with Crippen molar-refractivity contribution in [3.63, 3.8) is 0 Å². The van der Waals surface area contributed by atoms with Gasteiger partial charge in [-0.25, -0.2) is 0 Å². The van der Waals surface area contributed by atoms with Crippen LogP contribution in [0, 0.1) is 13.8 Å². The second-order valence-corrected chi connectivity index (χ2v) is 7.21. The van der Waals surface area contributed by atoms with Crippen LogP contribution < -0.4 is 0 Å². The summed E-state index contributed by atoms with van der Waals surface area (Å²) in [6.07, 6.45) is 0.944. The van der Waals surface area contributed by atoms with E-state index in [4.69, 9.17) is 0 Å². The van der Waals surface area contributed by atoms with Crippen molar-refractivity contribution in [2.75, 3.05) is 0 Å². The molecule has 0 N–H and O–H groups in total. The third kappa shape index (κ3) is 3.85. The first kappa shape index (κ1) is 17.3. The van der Waals surface area contributed by atoms with Crippen molar-refractivity contribution in [2.45, 2.75) is 20.3 Å². The van der Waals surface area contributed by atoms with Crippen molar-refractivity contribution < 1.29 is 0 Å². The molecule has 0 bridgehead atoms. The van der Waals surface area contributed by atoms with Gasteiger partial charge in [0.15, 0.2) is 0 Å². The van der Waals surface area contributed by atoms with E-state index in [0.717, 1.165) is 6.42 Å². The first-order valence-electron chi connectivity index (χ1n) is 9.50. The molecule has 4 aromatic carbocycles. The summed E-state index contributed by atoms with van der Waals surface area (Å²) in [5.41, 5.74) is 10.5. The van der Waals surface area contributed by atoms with Gasteiger partial charge < -0.3 is 0 Å². The molecule has 0 fully saturated rings. The maximum absolute atomic E-state index is 2.32. The van der Waals surface area contributed by atoms with Gasteiger partial charge in [0.1, 0.15) is 0 Å². The number of hydrogen-bond donors (Lipinski definition) is 0. The molecule has 0 atom stereocenters. The molecule has 4 rings (SSSR count). The van der Waals surface area contributed by atoms with Crippen LogP contribution in [-0.4, -0.2) is 0 Å². The van der Waals surface area contributed by atoms with E-state index in [1.165, 1.54) is 44.5 Å². The van der Waals surface area contributed by atoms with Crippen molar-refractivity contribution in [3.05, 3.63) is 119 Å². The highest BCUT2D eigenvalue weighted by Gasteiger charge is 2.05. The van der Waals surface area contributed by atoms with Gasteiger partial charge >= 0.3 is 0 Å². The lowest BCUT2D eigenvalue weighted by molar-refractivity contribution is 1.19. The fourth-order valence-electron chi connectivity index (χ4n) is 3.73. The van der Waals surface area contributed by atoms with Gasteiger partial charge in [-0.1, -0.05) is 97.1 Å². The predicted octanol–water partition coefficient (Wildman–Crippen LogP) is 7.23. The monoisotopic (exact) mass is 348 g/mol. The minimum Gasteiger partial charge on any atom is -0.0620 e. The van der Waals surface area contributed by atoms with Gasteiger partial charge in [-0.05, 0) is 64.8 Å². The number of aryl methyl sites for hydroxylation is 2. The predicted molar refractivity (Wildman–Crippen MR) is 116 cm³/mol. The summed E-state index contributed by atoms with van der Waals surface area (Å²) >= 11 is 0. The van der Waals surface area contributed by atoms with Crippen molar-refractivity contribution in [1.29, 1.82) is 0 Å². The van der Waals surface area contributed by atoms with Gasteiger partial charge in [0.25, 0.3) is 0 Å². The zero-order chi connectivity index (χ0) is 18.6. The maximum atomic E-state index is 2.32. The fourth-order valence-corrected chi connectivity index (χ4v) is 3.73. The standard InChI is InChI=1S/C27H24/c1-20-9-3-5-15-26(20)24-13-7-11-22(18-24)17-23-12-8-14-25(19-23)27-16-6-4-10-21(27)2/h3-16,18-19H,17H2,1-2H3. The lowest BCUT2D eigenvalue weighted by Gasteiger charge is -2.10. The SMILES string of the molecule is Cc1ccccc1-c1cccc(Cc2cccc(-c3ccccc3C)c2)c1. The molecule has 4 aromatic rings. The van der Waals surface area contributed by atoms with Crippen LogP contribution in [0.25, 0.3) is 22.3 Å². The van der Waals surface area contributed by atoms with E-state index in [2.05, 4.69) is 111 Å². The molecule has 0 saturated heterocycles. The lowest BCUT2D eigenvalue weighted by atomic mass is 9.94. The number of benzene rings is 4. The molecule has 0 saturated carbocycles. The third-order valence-electron chi connectivity index (χ3n) is 5.17. The Hall–Kier alpha value is -3.12. The molecule has 0 aliphatic heterocycles. The van der Waals surface area contributed by atoms with Crippen LogP contribution in [-0.2, 0) is 6.42 Å². The topological polar surface area (TPSA) is 0 Å². The van der Waals surface area contributed by atoms with E-state index in [9.17, 15) is 0 Å². The van der Waals surface area contributed by atoms with Gasteiger partial charge in [0.2, 0.25) is 0 Å². The van der Waals surface area contributed by atoms with Crippen LogP contribution in [0.2, 0.25) is 0 Å². The minimum absolute atomic E-state index is 0.944. The largest absolute Gasteiger partial charge is 0.0620 e. The van der Waals surface area contributed by atoms with Gasteiger partial charge in [-0.2, -0.15) is 0 Å².